The molecular weight excluding hydrogens is 321 g/mol. The monoisotopic (exact) mass is 336 g/mol. The summed E-state index contributed by atoms with van der Waals surface area (Å²) in [4.78, 5) is 0. The maximum atomic E-state index is 12.4. The molecule has 0 bridgehead atoms. The summed E-state index contributed by atoms with van der Waals surface area (Å²) in [6.45, 7) is 0. The van der Waals surface area contributed by atoms with Gasteiger partial charge in [0.1, 0.15) is 11.5 Å². The van der Waals surface area contributed by atoms with Crippen molar-refractivity contribution >= 4 is 16.2 Å². The van der Waals surface area contributed by atoms with Gasteiger partial charge in [-0.15, -0.1) is 0 Å². The van der Waals surface area contributed by atoms with Crippen LogP contribution in [0.2, 0.25) is 0 Å². The van der Waals surface area contributed by atoms with Gasteiger partial charge < -0.3 is 8.92 Å². The Labute approximate surface area is 126 Å². The molecule has 8 heteroatoms. The van der Waals surface area contributed by atoms with E-state index in [-0.39, 0.29) is 12.2 Å². The number of hydrogen-bond acceptors (Lipinski definition) is 4. The normalized spacial score (nSPS) is 16.1. The molecule has 0 saturated carbocycles. The summed E-state index contributed by atoms with van der Waals surface area (Å²) in [6, 6.07) is 5.11. The summed E-state index contributed by atoms with van der Waals surface area (Å²) in [6.07, 6.45) is 3.48. The Balaban J connectivity index is 2.36. The van der Waals surface area contributed by atoms with Crippen LogP contribution < -0.4 is 4.74 Å². The van der Waals surface area contributed by atoms with E-state index >= 15 is 0 Å². The Morgan fingerprint density at radius 2 is 1.82 bits per heavy atom. The lowest BCUT2D eigenvalue weighted by Crippen LogP contribution is -2.25. The molecule has 1 aromatic carbocycles. The molecule has 0 saturated heterocycles. The molecule has 1 aliphatic carbocycles. The Kier molecular flexibility index (Phi) is 4.69. The lowest BCUT2D eigenvalue weighted by Gasteiger charge is -2.16. The van der Waals surface area contributed by atoms with Gasteiger partial charge in [-0.25, -0.2) is 0 Å². The number of rotatable bonds is 3. The molecule has 0 spiro atoms. The first-order valence-corrected chi connectivity index (χ1v) is 8.02. The third-order valence-electron chi connectivity index (χ3n) is 3.29. The molecule has 4 nitrogen and oxygen atoms in total. The van der Waals surface area contributed by atoms with Crippen LogP contribution in [0.3, 0.4) is 0 Å². The van der Waals surface area contributed by atoms with Crippen LogP contribution in [0, 0.1) is 0 Å². The highest BCUT2D eigenvalue weighted by Crippen LogP contribution is 2.31. The topological polar surface area (TPSA) is 52.6 Å². The average molecular weight is 336 g/mol. The molecule has 0 radical (unpaired) electrons. The van der Waals surface area contributed by atoms with E-state index in [0.29, 0.717) is 24.2 Å². The van der Waals surface area contributed by atoms with Crippen LogP contribution in [0.1, 0.15) is 30.4 Å². The highest BCUT2D eigenvalue weighted by molar-refractivity contribution is 7.87. The van der Waals surface area contributed by atoms with E-state index in [1.165, 1.54) is 13.2 Å². The minimum Gasteiger partial charge on any atom is -0.497 e. The number of halogens is 3. The Morgan fingerprint density at radius 1 is 1.14 bits per heavy atom. The maximum Gasteiger partial charge on any atom is 0.534 e. The van der Waals surface area contributed by atoms with Crippen LogP contribution in [0.15, 0.2) is 24.0 Å². The van der Waals surface area contributed by atoms with Crippen molar-refractivity contribution in [3.63, 3.8) is 0 Å². The van der Waals surface area contributed by atoms with Gasteiger partial charge in [0.25, 0.3) is 0 Å². The summed E-state index contributed by atoms with van der Waals surface area (Å²) in [5.41, 5.74) is -3.92. The van der Waals surface area contributed by atoms with E-state index < -0.39 is 15.6 Å². The molecule has 2 rings (SSSR count). The van der Waals surface area contributed by atoms with Gasteiger partial charge in [0.05, 0.1) is 7.11 Å². The smallest absolute Gasteiger partial charge is 0.497 e. The number of ether oxygens (including phenoxy) is 1. The van der Waals surface area contributed by atoms with Gasteiger partial charge in [0, 0.05) is 6.42 Å². The molecule has 0 unspecified atom stereocenters. The second-order valence-electron chi connectivity index (χ2n) is 4.87. The van der Waals surface area contributed by atoms with Crippen molar-refractivity contribution in [3.05, 3.63) is 35.1 Å². The second-order valence-corrected chi connectivity index (χ2v) is 6.40. The Hall–Kier alpha value is -1.70. The number of fused-ring (bicyclic) bond motifs is 1. The van der Waals surface area contributed by atoms with Crippen molar-refractivity contribution < 1.29 is 30.5 Å². The maximum absolute atomic E-state index is 12.4. The van der Waals surface area contributed by atoms with E-state index in [0.717, 1.165) is 12.0 Å². The molecule has 0 aromatic heterocycles. The lowest BCUT2D eigenvalue weighted by atomic mass is 9.97. The largest absolute Gasteiger partial charge is 0.534 e. The van der Waals surface area contributed by atoms with Gasteiger partial charge in [-0.2, -0.15) is 21.6 Å². The van der Waals surface area contributed by atoms with E-state index in [4.69, 9.17) is 4.74 Å². The molecule has 122 valence electrons. The van der Waals surface area contributed by atoms with Crippen molar-refractivity contribution in [1.82, 2.24) is 0 Å². The van der Waals surface area contributed by atoms with Gasteiger partial charge in [0.2, 0.25) is 0 Å². The third kappa shape index (κ3) is 3.73. The van der Waals surface area contributed by atoms with Gasteiger partial charge >= 0.3 is 15.6 Å². The zero-order chi connectivity index (χ0) is 16.4. The zero-order valence-electron chi connectivity index (χ0n) is 11.8. The number of methoxy groups -OCH3 is 1. The number of allylic oxidation sites excluding steroid dienone is 1. The second kappa shape index (κ2) is 6.20. The molecule has 0 aliphatic heterocycles. The number of hydrogen-bond donors (Lipinski definition) is 0. The predicted octanol–water partition coefficient (Wildman–Crippen LogP) is 3.63. The molecule has 0 heterocycles. The lowest BCUT2D eigenvalue weighted by molar-refractivity contribution is -0.0523. The third-order valence-corrected chi connectivity index (χ3v) is 4.29. The van der Waals surface area contributed by atoms with Crippen molar-refractivity contribution in [3.8, 4) is 5.75 Å². The molecule has 1 aliphatic rings. The van der Waals surface area contributed by atoms with E-state index in [9.17, 15) is 21.6 Å². The molecule has 1 aromatic rings. The van der Waals surface area contributed by atoms with Gasteiger partial charge in [-0.1, -0.05) is 6.07 Å². The Morgan fingerprint density at radius 3 is 2.45 bits per heavy atom. The summed E-state index contributed by atoms with van der Waals surface area (Å²) in [5, 5.41) is 0. The quantitative estimate of drug-likeness (QED) is 0.625. The summed E-state index contributed by atoms with van der Waals surface area (Å²) in [7, 11) is -4.12. The van der Waals surface area contributed by atoms with Crippen LogP contribution in [0.4, 0.5) is 13.2 Å². The fourth-order valence-electron chi connectivity index (χ4n) is 2.18. The van der Waals surface area contributed by atoms with Crippen LogP contribution >= 0.6 is 0 Å². The van der Waals surface area contributed by atoms with E-state index in [1.54, 1.807) is 18.2 Å². The summed E-state index contributed by atoms with van der Waals surface area (Å²) < 4.78 is 68.8. The van der Waals surface area contributed by atoms with Gasteiger partial charge in [-0.3, -0.25) is 0 Å². The molecule has 0 amide bonds. The molecular formula is C14H15F3O4S. The molecule has 22 heavy (non-hydrogen) atoms. The number of alkyl halides is 3. The fourth-order valence-corrected chi connectivity index (χ4v) is 2.69. The number of aryl methyl sites for hydroxylation is 1. The highest BCUT2D eigenvalue weighted by atomic mass is 32.2. The van der Waals surface area contributed by atoms with Crippen molar-refractivity contribution in [1.29, 1.82) is 0 Å². The van der Waals surface area contributed by atoms with E-state index in [1.807, 2.05) is 0 Å². The first-order valence-electron chi connectivity index (χ1n) is 6.61. The first-order chi connectivity index (χ1) is 10.2. The summed E-state index contributed by atoms with van der Waals surface area (Å²) >= 11 is 0. The van der Waals surface area contributed by atoms with E-state index in [2.05, 4.69) is 4.18 Å². The van der Waals surface area contributed by atoms with Crippen molar-refractivity contribution in [2.45, 2.75) is 31.2 Å². The highest BCUT2D eigenvalue weighted by Gasteiger charge is 2.48. The van der Waals surface area contributed by atoms with Gasteiger partial charge in [0.15, 0.2) is 0 Å². The SMILES string of the molecule is COc1ccc2c(c1)CCCCC(OS(=O)(=O)C(F)(F)F)=C2. The fraction of sp³-hybridized carbons (Fsp3) is 0.429. The molecule has 0 fully saturated rings. The van der Waals surface area contributed by atoms with Gasteiger partial charge in [-0.05, 0) is 48.6 Å². The van der Waals surface area contributed by atoms with Crippen LogP contribution in [-0.2, 0) is 20.7 Å². The number of benzene rings is 1. The standard InChI is InChI=1S/C14H15F3O4S/c1-20-12-7-6-11-9-13(5-3-2-4-10(11)8-12)21-22(18,19)14(15,16)17/h6-9H,2-5H2,1H3. The minimum atomic E-state index is -5.63. The van der Waals surface area contributed by atoms with Crippen LogP contribution in [-0.4, -0.2) is 21.0 Å². The molecule has 0 atom stereocenters. The Bertz CT molecular complexity index is 678. The van der Waals surface area contributed by atoms with Crippen molar-refractivity contribution in [2.75, 3.05) is 7.11 Å². The zero-order valence-corrected chi connectivity index (χ0v) is 12.6. The first kappa shape index (κ1) is 16.7. The minimum absolute atomic E-state index is 0.140. The predicted molar refractivity (Wildman–Crippen MR) is 74.6 cm³/mol. The van der Waals surface area contributed by atoms with Crippen LogP contribution in [0.25, 0.3) is 6.08 Å². The van der Waals surface area contributed by atoms with Crippen molar-refractivity contribution in [2.24, 2.45) is 0 Å². The molecule has 0 N–H and O–H groups in total. The summed E-state index contributed by atoms with van der Waals surface area (Å²) in [5.74, 6) is 0.432. The average Bonchev–Trinajstić information content (AvgIpc) is 2.40. The van der Waals surface area contributed by atoms with Crippen LogP contribution in [0.5, 0.6) is 5.75 Å².